The highest BCUT2D eigenvalue weighted by atomic mass is 32.2. The van der Waals surface area contributed by atoms with Gasteiger partial charge in [-0.3, -0.25) is 0 Å². The maximum absolute atomic E-state index is 13.0. The predicted molar refractivity (Wildman–Crippen MR) is 88.2 cm³/mol. The molecule has 0 saturated carbocycles. The topological polar surface area (TPSA) is 55.8 Å². The van der Waals surface area contributed by atoms with E-state index in [1.807, 2.05) is 19.9 Å². The molecule has 6 heteroatoms. The summed E-state index contributed by atoms with van der Waals surface area (Å²) in [6.07, 6.45) is 2.73. The van der Waals surface area contributed by atoms with Crippen LogP contribution in [0.3, 0.4) is 0 Å². The summed E-state index contributed by atoms with van der Waals surface area (Å²) >= 11 is 0. The van der Waals surface area contributed by atoms with E-state index >= 15 is 0 Å². The van der Waals surface area contributed by atoms with Gasteiger partial charge in [-0.1, -0.05) is 12.1 Å². The Morgan fingerprint density at radius 2 is 2.13 bits per heavy atom. The largest absolute Gasteiger partial charge is 0.486 e. The van der Waals surface area contributed by atoms with Crippen LogP contribution < -0.4 is 4.74 Å². The molecule has 1 saturated heterocycles. The molecule has 5 nitrogen and oxygen atoms in total. The number of benzene rings is 1. The lowest BCUT2D eigenvalue weighted by Crippen LogP contribution is -2.35. The summed E-state index contributed by atoms with van der Waals surface area (Å²) in [6.45, 7) is 5.85. The minimum absolute atomic E-state index is 0.262. The standard InChI is InChI=1S/C17H25NO4S/c1-17(2)10-14-7-4-8-15(16(14)22-17)23(19,20)18(3)11-13-6-5-9-21-12-13/h4,7-8,13H,5-6,9-12H2,1-3H3. The maximum atomic E-state index is 13.0. The summed E-state index contributed by atoms with van der Waals surface area (Å²) in [4.78, 5) is 0.278. The molecule has 2 aliphatic heterocycles. The molecule has 0 bridgehead atoms. The molecule has 0 spiro atoms. The van der Waals surface area contributed by atoms with E-state index in [0.717, 1.165) is 31.4 Å². The number of ether oxygens (including phenoxy) is 2. The third kappa shape index (κ3) is 3.39. The molecule has 1 unspecified atom stereocenters. The average Bonchev–Trinajstić information content (AvgIpc) is 2.81. The number of hydrogen-bond donors (Lipinski definition) is 0. The number of hydrogen-bond acceptors (Lipinski definition) is 4. The molecule has 0 radical (unpaired) electrons. The molecule has 1 fully saturated rings. The molecule has 23 heavy (non-hydrogen) atoms. The van der Waals surface area contributed by atoms with Gasteiger partial charge in [0.1, 0.15) is 16.2 Å². The molecule has 1 aromatic carbocycles. The number of sulfonamides is 1. The van der Waals surface area contributed by atoms with Crippen molar-refractivity contribution in [2.75, 3.05) is 26.8 Å². The van der Waals surface area contributed by atoms with Crippen molar-refractivity contribution in [1.82, 2.24) is 4.31 Å². The van der Waals surface area contributed by atoms with Gasteiger partial charge in [-0.25, -0.2) is 12.7 Å². The van der Waals surface area contributed by atoms with Crippen molar-refractivity contribution in [2.45, 2.75) is 43.6 Å². The Kier molecular flexibility index (Phi) is 4.42. The molecule has 0 N–H and O–H groups in total. The monoisotopic (exact) mass is 339 g/mol. The molecule has 0 amide bonds. The van der Waals surface area contributed by atoms with Gasteiger partial charge >= 0.3 is 0 Å². The molecule has 0 aliphatic carbocycles. The summed E-state index contributed by atoms with van der Waals surface area (Å²) in [5, 5.41) is 0. The number of fused-ring (bicyclic) bond motifs is 1. The van der Waals surface area contributed by atoms with E-state index in [2.05, 4.69) is 0 Å². The van der Waals surface area contributed by atoms with Crippen molar-refractivity contribution < 1.29 is 17.9 Å². The van der Waals surface area contributed by atoms with Crippen LogP contribution >= 0.6 is 0 Å². The lowest BCUT2D eigenvalue weighted by atomic mass is 10.0. The summed E-state index contributed by atoms with van der Waals surface area (Å²) in [5.74, 6) is 0.780. The fourth-order valence-corrected chi connectivity index (χ4v) is 4.77. The first kappa shape index (κ1) is 16.7. The van der Waals surface area contributed by atoms with Crippen LogP contribution in [0.2, 0.25) is 0 Å². The van der Waals surface area contributed by atoms with Crippen LogP contribution in [-0.2, 0) is 21.2 Å². The number of rotatable bonds is 4. The zero-order valence-electron chi connectivity index (χ0n) is 14.0. The summed E-state index contributed by atoms with van der Waals surface area (Å²) in [7, 11) is -1.92. The Bertz CT molecular complexity index is 678. The van der Waals surface area contributed by atoms with Crippen molar-refractivity contribution in [3.8, 4) is 5.75 Å². The van der Waals surface area contributed by atoms with Crippen LogP contribution in [0.4, 0.5) is 0 Å². The second-order valence-electron chi connectivity index (χ2n) is 7.15. The highest BCUT2D eigenvalue weighted by Gasteiger charge is 2.36. The minimum Gasteiger partial charge on any atom is -0.486 e. The Balaban J connectivity index is 1.84. The molecule has 1 aromatic rings. The van der Waals surface area contributed by atoms with Gasteiger partial charge in [0.2, 0.25) is 10.0 Å². The molecule has 0 aromatic heterocycles. The highest BCUT2D eigenvalue weighted by molar-refractivity contribution is 7.89. The third-order valence-electron chi connectivity index (χ3n) is 4.51. The fourth-order valence-electron chi connectivity index (χ4n) is 3.37. The molecule has 128 valence electrons. The first-order valence-corrected chi connectivity index (χ1v) is 9.59. The van der Waals surface area contributed by atoms with E-state index in [-0.39, 0.29) is 16.4 Å². The van der Waals surface area contributed by atoms with Crippen molar-refractivity contribution in [3.05, 3.63) is 23.8 Å². The molecular formula is C17H25NO4S. The van der Waals surface area contributed by atoms with Gasteiger partial charge in [0, 0.05) is 26.6 Å². The van der Waals surface area contributed by atoms with Gasteiger partial charge in [0.05, 0.1) is 6.61 Å². The van der Waals surface area contributed by atoms with Gasteiger partial charge in [0.25, 0.3) is 0 Å². The van der Waals surface area contributed by atoms with E-state index in [1.165, 1.54) is 4.31 Å². The van der Waals surface area contributed by atoms with Gasteiger partial charge in [-0.2, -0.15) is 0 Å². The van der Waals surface area contributed by atoms with Gasteiger partial charge < -0.3 is 9.47 Å². The summed E-state index contributed by atoms with van der Waals surface area (Å²) in [6, 6.07) is 5.38. The van der Waals surface area contributed by atoms with E-state index in [1.54, 1.807) is 19.2 Å². The van der Waals surface area contributed by atoms with Crippen molar-refractivity contribution in [1.29, 1.82) is 0 Å². The van der Waals surface area contributed by atoms with Gasteiger partial charge in [0.15, 0.2) is 0 Å². The molecular weight excluding hydrogens is 314 g/mol. The van der Waals surface area contributed by atoms with E-state index in [4.69, 9.17) is 9.47 Å². The van der Waals surface area contributed by atoms with Crippen molar-refractivity contribution in [3.63, 3.8) is 0 Å². The van der Waals surface area contributed by atoms with Crippen LogP contribution in [0.1, 0.15) is 32.3 Å². The van der Waals surface area contributed by atoms with Crippen LogP contribution in [0.15, 0.2) is 23.1 Å². The molecule has 2 aliphatic rings. The predicted octanol–water partition coefficient (Wildman–Crippen LogP) is 2.45. The van der Waals surface area contributed by atoms with E-state index in [0.29, 0.717) is 18.9 Å². The van der Waals surface area contributed by atoms with Gasteiger partial charge in [-0.05, 0) is 44.2 Å². The molecule has 3 rings (SSSR count). The van der Waals surface area contributed by atoms with Crippen LogP contribution in [0.5, 0.6) is 5.75 Å². The van der Waals surface area contributed by atoms with E-state index < -0.39 is 10.0 Å². The Morgan fingerprint density at radius 3 is 2.83 bits per heavy atom. The zero-order valence-corrected chi connectivity index (χ0v) is 14.9. The Morgan fingerprint density at radius 1 is 1.35 bits per heavy atom. The average molecular weight is 339 g/mol. The maximum Gasteiger partial charge on any atom is 0.246 e. The fraction of sp³-hybridized carbons (Fsp3) is 0.647. The van der Waals surface area contributed by atoms with E-state index in [9.17, 15) is 8.42 Å². The quantitative estimate of drug-likeness (QED) is 0.845. The van der Waals surface area contributed by atoms with Gasteiger partial charge in [-0.15, -0.1) is 0 Å². The highest BCUT2D eigenvalue weighted by Crippen LogP contribution is 2.40. The smallest absolute Gasteiger partial charge is 0.246 e. The first-order valence-electron chi connectivity index (χ1n) is 8.14. The normalized spacial score (nSPS) is 23.6. The second-order valence-corrected chi connectivity index (χ2v) is 9.16. The lowest BCUT2D eigenvalue weighted by Gasteiger charge is -2.27. The second kappa shape index (κ2) is 6.07. The SMILES string of the molecule is CN(CC1CCCOC1)S(=O)(=O)c1cccc2c1OC(C)(C)C2. The summed E-state index contributed by atoms with van der Waals surface area (Å²) < 4.78 is 38.8. The Hall–Kier alpha value is -1.11. The Labute approximate surface area is 138 Å². The minimum atomic E-state index is -3.56. The van der Waals surface area contributed by atoms with Crippen molar-refractivity contribution >= 4 is 10.0 Å². The third-order valence-corrected chi connectivity index (χ3v) is 6.36. The van der Waals surface area contributed by atoms with Crippen LogP contribution in [-0.4, -0.2) is 45.1 Å². The van der Waals surface area contributed by atoms with Crippen LogP contribution in [0, 0.1) is 5.92 Å². The molecule has 1 atom stereocenters. The van der Waals surface area contributed by atoms with Crippen molar-refractivity contribution in [2.24, 2.45) is 5.92 Å². The summed E-state index contributed by atoms with van der Waals surface area (Å²) in [5.41, 5.74) is 0.606. The zero-order chi connectivity index (χ0) is 16.7. The lowest BCUT2D eigenvalue weighted by molar-refractivity contribution is 0.0495. The molecule has 2 heterocycles. The van der Waals surface area contributed by atoms with Crippen LogP contribution in [0.25, 0.3) is 0 Å². The number of nitrogens with zero attached hydrogens (tertiary/aromatic N) is 1. The first-order chi connectivity index (χ1) is 10.8. The number of para-hydroxylation sites is 1.